The van der Waals surface area contributed by atoms with Crippen LogP contribution >= 0.6 is 0 Å². The van der Waals surface area contributed by atoms with Crippen LogP contribution in [0.25, 0.3) is 6.08 Å². The molecule has 0 aromatic heterocycles. The number of ether oxygens (including phenoxy) is 1. The molecule has 0 N–H and O–H groups in total. The Morgan fingerprint density at radius 1 is 1.09 bits per heavy atom. The zero-order valence-electron chi connectivity index (χ0n) is 13.9. The molecule has 116 valence electrons. The summed E-state index contributed by atoms with van der Waals surface area (Å²) in [4.78, 5) is 0. The molecule has 2 aromatic carbocycles. The molecule has 0 fully saturated rings. The van der Waals surface area contributed by atoms with Crippen LogP contribution in [-0.2, 0) is 24.0 Å². The first-order chi connectivity index (χ1) is 10.3. The van der Waals surface area contributed by atoms with E-state index in [1.165, 1.54) is 16.7 Å². The predicted molar refractivity (Wildman–Crippen MR) is 100.0 cm³/mol. The fourth-order valence-electron chi connectivity index (χ4n) is 2.44. The van der Waals surface area contributed by atoms with Gasteiger partial charge in [0, 0.05) is 5.56 Å². The minimum atomic E-state index is -0.0332. The number of rotatable bonds is 5. The molecular formula is C20H25OS+. The molecule has 1 nitrogen and oxygen atoms in total. The molecule has 2 heteroatoms. The Balaban J connectivity index is 2.17. The minimum Gasteiger partial charge on any atom is -0.488 e. The number of benzene rings is 2. The molecule has 0 atom stereocenters. The van der Waals surface area contributed by atoms with Gasteiger partial charge in [0.1, 0.15) is 17.1 Å². The van der Waals surface area contributed by atoms with Gasteiger partial charge >= 0.3 is 0 Å². The third-order valence-electron chi connectivity index (χ3n) is 3.78. The highest BCUT2D eigenvalue weighted by Gasteiger charge is 2.23. The molecule has 0 spiro atoms. The van der Waals surface area contributed by atoms with E-state index in [1.54, 1.807) is 0 Å². The van der Waals surface area contributed by atoms with Crippen LogP contribution in [-0.4, -0.2) is 0 Å². The minimum absolute atomic E-state index is 0.0332. The molecule has 0 saturated heterocycles. The van der Waals surface area contributed by atoms with E-state index in [2.05, 4.69) is 83.3 Å². The van der Waals surface area contributed by atoms with Gasteiger partial charge in [-0.15, -0.1) is 0 Å². The van der Waals surface area contributed by atoms with Gasteiger partial charge in [0.25, 0.3) is 0 Å². The largest absolute Gasteiger partial charge is 0.488 e. The van der Waals surface area contributed by atoms with Gasteiger partial charge in [0.05, 0.1) is 0 Å². The standard InChI is InChI=1S/C20H24OS/c1-6-16-7-9-17(10-8-16)13-21-19-14(2)11-18(12-15(19)3)20(4,5)22/h6-12,22H,1,13H2,2-5H3/p+1. The summed E-state index contributed by atoms with van der Waals surface area (Å²) in [5.41, 5.74) is 5.89. The second-order valence-corrected chi connectivity index (χ2v) is 7.55. The molecule has 0 aliphatic rings. The van der Waals surface area contributed by atoms with Crippen molar-refractivity contribution >= 4 is 18.7 Å². The number of hydrogen-bond donors (Lipinski definition) is 0. The summed E-state index contributed by atoms with van der Waals surface area (Å²) in [5.74, 6) is 0.979. The summed E-state index contributed by atoms with van der Waals surface area (Å²) in [6, 6.07) is 12.7. The average Bonchev–Trinajstić information content (AvgIpc) is 2.46. The van der Waals surface area contributed by atoms with Crippen LogP contribution in [0.15, 0.2) is 43.0 Å². The molecule has 2 aromatic rings. The lowest BCUT2D eigenvalue weighted by Gasteiger charge is -2.18. The third-order valence-corrected chi connectivity index (χ3v) is 4.07. The van der Waals surface area contributed by atoms with Crippen molar-refractivity contribution in [3.05, 3.63) is 70.8 Å². The summed E-state index contributed by atoms with van der Waals surface area (Å²) in [6.45, 7) is 12.9. The average molecular weight is 313 g/mol. The molecule has 0 radical (unpaired) electrons. The van der Waals surface area contributed by atoms with Crippen molar-refractivity contribution in [1.82, 2.24) is 0 Å². The summed E-state index contributed by atoms with van der Waals surface area (Å²) in [6.07, 6.45) is 1.85. The van der Waals surface area contributed by atoms with Gasteiger partial charge in [-0.2, -0.15) is 0 Å². The maximum Gasteiger partial charge on any atom is 0.143 e. The van der Waals surface area contributed by atoms with Crippen LogP contribution < -0.4 is 4.74 Å². The topological polar surface area (TPSA) is 9.23 Å². The molecule has 0 aliphatic carbocycles. The fraction of sp³-hybridized carbons (Fsp3) is 0.300. The zero-order chi connectivity index (χ0) is 16.3. The SMILES string of the molecule is C=Cc1ccc(COc2c(C)cc(C(C)(C)[SH2+])cc2C)cc1. The van der Waals surface area contributed by atoms with Crippen LogP contribution in [0, 0.1) is 13.8 Å². The van der Waals surface area contributed by atoms with Crippen LogP contribution in [0.4, 0.5) is 0 Å². The first-order valence-electron chi connectivity index (χ1n) is 7.52. The van der Waals surface area contributed by atoms with Gasteiger partial charge in [0.15, 0.2) is 0 Å². The maximum absolute atomic E-state index is 6.05. The van der Waals surface area contributed by atoms with E-state index in [0.29, 0.717) is 6.61 Å². The summed E-state index contributed by atoms with van der Waals surface area (Å²) < 4.78 is 6.02. The van der Waals surface area contributed by atoms with Crippen LogP contribution in [0.5, 0.6) is 5.75 Å². The third kappa shape index (κ3) is 3.95. The number of hydrogen-bond acceptors (Lipinski definition) is 1. The van der Waals surface area contributed by atoms with Crippen molar-refractivity contribution in [2.75, 3.05) is 0 Å². The van der Waals surface area contributed by atoms with E-state index in [-0.39, 0.29) is 4.75 Å². The van der Waals surface area contributed by atoms with Gasteiger partial charge in [-0.3, -0.25) is 0 Å². The van der Waals surface area contributed by atoms with Crippen molar-refractivity contribution in [2.24, 2.45) is 0 Å². The highest BCUT2D eigenvalue weighted by atomic mass is 32.1. The summed E-state index contributed by atoms with van der Waals surface area (Å²) >= 11 is 3.77. The van der Waals surface area contributed by atoms with E-state index >= 15 is 0 Å². The second-order valence-electron chi connectivity index (χ2n) is 6.30. The maximum atomic E-state index is 6.05. The molecule has 2 rings (SSSR count). The number of aryl methyl sites for hydroxylation is 2. The lowest BCUT2D eigenvalue weighted by Crippen LogP contribution is -2.13. The molecule has 0 heterocycles. The molecule has 22 heavy (non-hydrogen) atoms. The van der Waals surface area contributed by atoms with Gasteiger partial charge < -0.3 is 4.74 Å². The molecular weight excluding hydrogens is 288 g/mol. The Labute approximate surface area is 139 Å². The predicted octanol–water partition coefficient (Wildman–Crippen LogP) is 4.77. The van der Waals surface area contributed by atoms with Crippen molar-refractivity contribution in [2.45, 2.75) is 39.0 Å². The molecule has 0 amide bonds. The summed E-state index contributed by atoms with van der Waals surface area (Å²) in [7, 11) is 0. The van der Waals surface area contributed by atoms with Crippen molar-refractivity contribution in [3.8, 4) is 5.75 Å². The lowest BCUT2D eigenvalue weighted by molar-refractivity contribution is 0.302. The zero-order valence-corrected chi connectivity index (χ0v) is 14.9. The van der Waals surface area contributed by atoms with Crippen molar-refractivity contribution < 1.29 is 4.74 Å². The Kier molecular flexibility index (Phi) is 5.02. The van der Waals surface area contributed by atoms with Gasteiger partial charge in [-0.25, -0.2) is 0 Å². The van der Waals surface area contributed by atoms with Crippen molar-refractivity contribution in [3.63, 3.8) is 0 Å². The Morgan fingerprint density at radius 3 is 2.09 bits per heavy atom. The highest BCUT2D eigenvalue weighted by Crippen LogP contribution is 2.31. The first-order valence-corrected chi connectivity index (χ1v) is 8.02. The van der Waals surface area contributed by atoms with E-state index in [4.69, 9.17) is 4.74 Å². The van der Waals surface area contributed by atoms with Crippen LogP contribution in [0.3, 0.4) is 0 Å². The van der Waals surface area contributed by atoms with E-state index in [1.807, 2.05) is 6.08 Å². The monoisotopic (exact) mass is 313 g/mol. The molecule has 0 bridgehead atoms. The van der Waals surface area contributed by atoms with E-state index < -0.39 is 0 Å². The van der Waals surface area contributed by atoms with E-state index in [0.717, 1.165) is 16.9 Å². The smallest absolute Gasteiger partial charge is 0.143 e. The Hall–Kier alpha value is -1.67. The van der Waals surface area contributed by atoms with Crippen molar-refractivity contribution in [1.29, 1.82) is 0 Å². The van der Waals surface area contributed by atoms with Crippen LogP contribution in [0.2, 0.25) is 0 Å². The van der Waals surface area contributed by atoms with Gasteiger partial charge in [-0.1, -0.05) is 36.9 Å². The van der Waals surface area contributed by atoms with Gasteiger partial charge in [0.2, 0.25) is 0 Å². The quantitative estimate of drug-likeness (QED) is 0.722. The first kappa shape index (κ1) is 16.7. The molecule has 0 aliphatic heterocycles. The van der Waals surface area contributed by atoms with Crippen LogP contribution in [0.1, 0.15) is 41.7 Å². The Morgan fingerprint density at radius 2 is 1.64 bits per heavy atom. The highest BCUT2D eigenvalue weighted by molar-refractivity contribution is 7.59. The van der Waals surface area contributed by atoms with E-state index in [9.17, 15) is 0 Å². The Bertz CT molecular complexity index is 640. The second kappa shape index (κ2) is 6.62. The normalized spacial score (nSPS) is 11.3. The molecule has 0 unspecified atom stereocenters. The molecule has 0 saturated carbocycles. The van der Waals surface area contributed by atoms with Gasteiger partial charge in [-0.05, 0) is 74.7 Å². The summed E-state index contributed by atoms with van der Waals surface area (Å²) in [5, 5.41) is 0. The fourth-order valence-corrected chi connectivity index (χ4v) is 2.59. The lowest BCUT2D eigenvalue weighted by atomic mass is 9.97.